The highest BCUT2D eigenvalue weighted by Gasteiger charge is 2.40. The molecule has 1 aromatic carbocycles. The van der Waals surface area contributed by atoms with Crippen LogP contribution in [0, 0.1) is 5.92 Å². The monoisotopic (exact) mass is 326 g/mol. The van der Waals surface area contributed by atoms with Gasteiger partial charge in [-0.1, -0.05) is 49.5 Å². The van der Waals surface area contributed by atoms with Crippen molar-refractivity contribution >= 4 is 27.2 Å². The van der Waals surface area contributed by atoms with Crippen molar-refractivity contribution in [2.75, 3.05) is 0 Å². The van der Waals surface area contributed by atoms with Gasteiger partial charge in [0.2, 0.25) is 10.0 Å². The third-order valence-electron chi connectivity index (χ3n) is 4.15. The molecule has 0 heterocycles. The molecule has 3 N–H and O–H groups in total. The topological polar surface area (TPSA) is 72.2 Å². The summed E-state index contributed by atoms with van der Waals surface area (Å²) in [6.45, 7) is 2.17. The lowest BCUT2D eigenvalue weighted by atomic mass is 9.78. The fourth-order valence-corrected chi connectivity index (χ4v) is 4.71. The van der Waals surface area contributed by atoms with E-state index in [2.05, 4.69) is 11.6 Å². The van der Waals surface area contributed by atoms with Crippen LogP contribution in [0.2, 0.25) is 0 Å². The number of sulfonamides is 1. The molecule has 6 heteroatoms. The van der Waals surface area contributed by atoms with E-state index in [0.717, 1.165) is 18.4 Å². The normalized spacial score (nSPS) is 26.4. The summed E-state index contributed by atoms with van der Waals surface area (Å²) in [5, 5.41) is 0. The first-order valence-corrected chi connectivity index (χ1v) is 9.24. The predicted molar refractivity (Wildman–Crippen MR) is 89.3 cm³/mol. The number of nitrogens with two attached hydrogens (primary N) is 1. The van der Waals surface area contributed by atoms with E-state index in [-0.39, 0.29) is 10.7 Å². The SMILES string of the molecule is CC1CCC(NS(=O)(=O)Cc2ccccc2)(C(N)=S)CC1. The lowest BCUT2D eigenvalue weighted by Crippen LogP contribution is -2.58. The van der Waals surface area contributed by atoms with Crippen LogP contribution in [-0.4, -0.2) is 18.9 Å². The number of thiocarbonyl (C=S) groups is 1. The molecule has 1 aliphatic rings. The molecule has 1 aliphatic carbocycles. The standard InChI is InChI=1S/C15H22N2O2S2/c1-12-7-9-15(10-8-12,14(16)20)17-21(18,19)11-13-5-3-2-4-6-13/h2-6,12,17H,7-11H2,1H3,(H2,16,20). The van der Waals surface area contributed by atoms with Gasteiger partial charge in [0.15, 0.2) is 0 Å². The Hall–Kier alpha value is -0.980. The molecule has 1 aromatic rings. The minimum Gasteiger partial charge on any atom is -0.392 e. The summed E-state index contributed by atoms with van der Waals surface area (Å²) in [7, 11) is -3.47. The summed E-state index contributed by atoms with van der Waals surface area (Å²) < 4.78 is 27.6. The second kappa shape index (κ2) is 6.42. The van der Waals surface area contributed by atoms with E-state index in [9.17, 15) is 8.42 Å². The molecule has 0 aromatic heterocycles. The van der Waals surface area contributed by atoms with Crippen molar-refractivity contribution < 1.29 is 8.42 Å². The van der Waals surface area contributed by atoms with Crippen molar-refractivity contribution in [3.05, 3.63) is 35.9 Å². The molecular formula is C15H22N2O2S2. The van der Waals surface area contributed by atoms with E-state index >= 15 is 0 Å². The van der Waals surface area contributed by atoms with E-state index in [0.29, 0.717) is 18.8 Å². The maximum Gasteiger partial charge on any atom is 0.216 e. The highest BCUT2D eigenvalue weighted by atomic mass is 32.2. The third-order valence-corrected chi connectivity index (χ3v) is 5.96. The molecule has 0 spiro atoms. The second-order valence-corrected chi connectivity index (χ2v) is 8.14. The molecular weight excluding hydrogens is 304 g/mol. The van der Waals surface area contributed by atoms with E-state index in [1.807, 2.05) is 18.2 Å². The number of rotatable bonds is 5. The quantitative estimate of drug-likeness (QED) is 0.815. The molecule has 0 radical (unpaired) electrons. The number of hydrogen-bond donors (Lipinski definition) is 2. The van der Waals surface area contributed by atoms with Gasteiger partial charge in [-0.25, -0.2) is 13.1 Å². The van der Waals surface area contributed by atoms with E-state index in [4.69, 9.17) is 18.0 Å². The molecule has 4 nitrogen and oxygen atoms in total. The first kappa shape index (κ1) is 16.4. The fourth-order valence-electron chi connectivity index (χ4n) is 2.78. The van der Waals surface area contributed by atoms with Gasteiger partial charge in [0.1, 0.15) is 0 Å². The summed E-state index contributed by atoms with van der Waals surface area (Å²) in [5.74, 6) is 0.541. The first-order valence-electron chi connectivity index (χ1n) is 7.18. The summed E-state index contributed by atoms with van der Waals surface area (Å²) in [5.41, 5.74) is 5.85. The van der Waals surface area contributed by atoms with Crippen molar-refractivity contribution in [1.29, 1.82) is 0 Å². The lowest BCUT2D eigenvalue weighted by molar-refractivity contribution is 0.289. The van der Waals surface area contributed by atoms with E-state index < -0.39 is 15.6 Å². The van der Waals surface area contributed by atoms with Crippen LogP contribution in [0.1, 0.15) is 38.2 Å². The molecule has 0 saturated heterocycles. The Kier molecular flexibility index (Phi) is 5.01. The molecule has 0 unspecified atom stereocenters. The average molecular weight is 326 g/mol. The highest BCUT2D eigenvalue weighted by Crippen LogP contribution is 2.33. The van der Waals surface area contributed by atoms with Crippen molar-refractivity contribution in [1.82, 2.24) is 4.72 Å². The van der Waals surface area contributed by atoms with Gasteiger partial charge in [0.05, 0.1) is 16.3 Å². The Labute approximate surface area is 132 Å². The number of benzene rings is 1. The highest BCUT2D eigenvalue weighted by molar-refractivity contribution is 7.88. The summed E-state index contributed by atoms with van der Waals surface area (Å²) in [6, 6.07) is 9.13. The van der Waals surface area contributed by atoms with Gasteiger partial charge in [-0.05, 0) is 37.2 Å². The maximum absolute atomic E-state index is 12.4. The zero-order chi connectivity index (χ0) is 15.5. The van der Waals surface area contributed by atoms with Gasteiger partial charge in [0.25, 0.3) is 0 Å². The van der Waals surface area contributed by atoms with E-state index in [1.165, 1.54) is 0 Å². The van der Waals surface area contributed by atoms with E-state index in [1.54, 1.807) is 12.1 Å². The Morgan fingerprint density at radius 1 is 1.33 bits per heavy atom. The molecule has 0 amide bonds. The van der Waals surface area contributed by atoms with Crippen LogP contribution in [-0.2, 0) is 15.8 Å². The molecule has 116 valence electrons. The van der Waals surface area contributed by atoms with Crippen LogP contribution in [0.15, 0.2) is 30.3 Å². The second-order valence-electron chi connectivity index (χ2n) is 5.98. The van der Waals surface area contributed by atoms with Crippen molar-refractivity contribution in [3.8, 4) is 0 Å². The van der Waals surface area contributed by atoms with Crippen LogP contribution in [0.25, 0.3) is 0 Å². The lowest BCUT2D eigenvalue weighted by Gasteiger charge is -2.38. The van der Waals surface area contributed by atoms with Gasteiger partial charge in [-0.15, -0.1) is 0 Å². The minimum atomic E-state index is -3.47. The summed E-state index contributed by atoms with van der Waals surface area (Å²) in [4.78, 5) is 0.256. The molecule has 21 heavy (non-hydrogen) atoms. The summed E-state index contributed by atoms with van der Waals surface area (Å²) >= 11 is 5.15. The molecule has 0 aliphatic heterocycles. The molecule has 2 rings (SSSR count). The third kappa shape index (κ3) is 4.25. The molecule has 1 saturated carbocycles. The molecule has 1 fully saturated rings. The van der Waals surface area contributed by atoms with Gasteiger partial charge in [-0.3, -0.25) is 0 Å². The Bertz CT molecular complexity index is 591. The minimum absolute atomic E-state index is 0.0479. The molecule has 0 atom stereocenters. The largest absolute Gasteiger partial charge is 0.392 e. The van der Waals surface area contributed by atoms with Crippen molar-refractivity contribution in [3.63, 3.8) is 0 Å². The zero-order valence-corrected chi connectivity index (χ0v) is 13.8. The van der Waals surface area contributed by atoms with Crippen molar-refractivity contribution in [2.45, 2.75) is 43.9 Å². The number of nitrogens with one attached hydrogen (secondary N) is 1. The predicted octanol–water partition coefficient (Wildman–Crippen LogP) is 2.34. The van der Waals surface area contributed by atoms with Crippen LogP contribution in [0.4, 0.5) is 0 Å². The van der Waals surface area contributed by atoms with Crippen LogP contribution >= 0.6 is 12.2 Å². The van der Waals surface area contributed by atoms with Gasteiger partial charge in [-0.2, -0.15) is 0 Å². The fraction of sp³-hybridized carbons (Fsp3) is 0.533. The first-order chi connectivity index (χ1) is 9.83. The Balaban J connectivity index is 2.15. The van der Waals surface area contributed by atoms with Crippen LogP contribution in [0.5, 0.6) is 0 Å². The summed E-state index contributed by atoms with van der Waals surface area (Å²) in [6.07, 6.45) is 3.23. The van der Waals surface area contributed by atoms with Gasteiger partial charge < -0.3 is 5.73 Å². The Morgan fingerprint density at radius 3 is 2.43 bits per heavy atom. The maximum atomic E-state index is 12.4. The van der Waals surface area contributed by atoms with Crippen LogP contribution < -0.4 is 10.5 Å². The number of hydrogen-bond acceptors (Lipinski definition) is 3. The average Bonchev–Trinajstić information content (AvgIpc) is 2.41. The Morgan fingerprint density at radius 2 is 1.90 bits per heavy atom. The van der Waals surface area contributed by atoms with Crippen molar-refractivity contribution in [2.24, 2.45) is 11.7 Å². The van der Waals surface area contributed by atoms with Gasteiger partial charge in [0, 0.05) is 0 Å². The zero-order valence-electron chi connectivity index (χ0n) is 12.2. The molecule has 0 bridgehead atoms. The van der Waals surface area contributed by atoms with Gasteiger partial charge >= 0.3 is 0 Å². The van der Waals surface area contributed by atoms with Crippen LogP contribution in [0.3, 0.4) is 0 Å². The smallest absolute Gasteiger partial charge is 0.216 e.